The Hall–Kier alpha value is -1.75. The first-order valence-corrected chi connectivity index (χ1v) is 6.54. The largest absolute Gasteiger partial charge is 0.454 e. The van der Waals surface area contributed by atoms with Crippen LogP contribution < -0.4 is 20.1 Å². The quantitative estimate of drug-likeness (QED) is 0.807. The van der Waals surface area contributed by atoms with Gasteiger partial charge in [0.05, 0.1) is 6.54 Å². The molecule has 0 unspecified atom stereocenters. The number of rotatable bonds is 6. The third-order valence-electron chi connectivity index (χ3n) is 2.84. The average molecular weight is 264 g/mol. The van der Waals surface area contributed by atoms with Gasteiger partial charge in [0, 0.05) is 12.6 Å². The number of carbonyl (C=O) groups is 1. The summed E-state index contributed by atoms with van der Waals surface area (Å²) in [4.78, 5) is 11.5. The van der Waals surface area contributed by atoms with Gasteiger partial charge in [-0.25, -0.2) is 0 Å². The lowest BCUT2D eigenvalue weighted by molar-refractivity contribution is -0.120. The Morgan fingerprint density at radius 3 is 2.89 bits per heavy atom. The summed E-state index contributed by atoms with van der Waals surface area (Å²) in [5.41, 5.74) is 1.13. The molecule has 2 N–H and O–H groups in total. The molecule has 5 nitrogen and oxygen atoms in total. The Morgan fingerprint density at radius 1 is 1.32 bits per heavy atom. The third-order valence-corrected chi connectivity index (χ3v) is 2.84. The maximum absolute atomic E-state index is 11.5. The Bertz CT molecular complexity index is 446. The molecule has 1 aromatic rings. The van der Waals surface area contributed by atoms with E-state index in [1.54, 1.807) is 0 Å². The molecule has 1 aliphatic heterocycles. The van der Waals surface area contributed by atoms with Crippen molar-refractivity contribution in [1.29, 1.82) is 0 Å². The maximum Gasteiger partial charge on any atom is 0.233 e. The minimum Gasteiger partial charge on any atom is -0.454 e. The van der Waals surface area contributed by atoms with Crippen LogP contribution in [0.1, 0.15) is 19.4 Å². The zero-order chi connectivity index (χ0) is 13.7. The molecule has 19 heavy (non-hydrogen) atoms. The first kappa shape index (κ1) is 13.7. The molecule has 1 amide bonds. The van der Waals surface area contributed by atoms with E-state index in [-0.39, 0.29) is 12.7 Å². The van der Waals surface area contributed by atoms with Crippen LogP contribution in [-0.2, 0) is 11.2 Å². The molecule has 1 aliphatic rings. The number of hydrogen-bond donors (Lipinski definition) is 2. The predicted molar refractivity (Wildman–Crippen MR) is 72.4 cm³/mol. The summed E-state index contributed by atoms with van der Waals surface area (Å²) < 4.78 is 10.6. The van der Waals surface area contributed by atoms with E-state index in [0.717, 1.165) is 23.5 Å². The summed E-state index contributed by atoms with van der Waals surface area (Å²) in [5.74, 6) is 1.59. The van der Waals surface area contributed by atoms with Crippen LogP contribution >= 0.6 is 0 Å². The van der Waals surface area contributed by atoms with E-state index in [1.807, 2.05) is 32.0 Å². The number of amides is 1. The van der Waals surface area contributed by atoms with Gasteiger partial charge < -0.3 is 20.1 Å². The van der Waals surface area contributed by atoms with Crippen molar-refractivity contribution in [2.75, 3.05) is 19.9 Å². The molecule has 2 rings (SSSR count). The predicted octanol–water partition coefficient (Wildman–Crippen LogP) is 1.07. The molecule has 1 heterocycles. The fourth-order valence-electron chi connectivity index (χ4n) is 1.80. The first-order chi connectivity index (χ1) is 9.15. The van der Waals surface area contributed by atoms with Crippen LogP contribution in [0.15, 0.2) is 18.2 Å². The van der Waals surface area contributed by atoms with Crippen LogP contribution in [0.25, 0.3) is 0 Å². The van der Waals surface area contributed by atoms with Crippen molar-refractivity contribution in [2.24, 2.45) is 0 Å². The topological polar surface area (TPSA) is 59.6 Å². The number of benzene rings is 1. The Balaban J connectivity index is 1.72. The molecule has 0 saturated heterocycles. The minimum absolute atomic E-state index is 0.0226. The van der Waals surface area contributed by atoms with E-state index in [4.69, 9.17) is 9.47 Å². The van der Waals surface area contributed by atoms with Gasteiger partial charge in [-0.3, -0.25) is 4.79 Å². The SMILES string of the molecule is CC(C)NCC(=O)NCCc1ccc2c(c1)OCO2. The second-order valence-corrected chi connectivity index (χ2v) is 4.82. The second-order valence-electron chi connectivity index (χ2n) is 4.82. The molecule has 0 aliphatic carbocycles. The van der Waals surface area contributed by atoms with Crippen molar-refractivity contribution >= 4 is 5.91 Å². The lowest BCUT2D eigenvalue weighted by Gasteiger charge is -2.09. The fraction of sp³-hybridized carbons (Fsp3) is 0.500. The van der Waals surface area contributed by atoms with Crippen LogP contribution in [0, 0.1) is 0 Å². The number of ether oxygens (including phenoxy) is 2. The zero-order valence-electron chi connectivity index (χ0n) is 11.4. The van der Waals surface area contributed by atoms with Gasteiger partial charge in [0.2, 0.25) is 12.7 Å². The monoisotopic (exact) mass is 264 g/mol. The highest BCUT2D eigenvalue weighted by Gasteiger charge is 2.12. The maximum atomic E-state index is 11.5. The second kappa shape index (κ2) is 6.43. The van der Waals surface area contributed by atoms with E-state index >= 15 is 0 Å². The number of fused-ring (bicyclic) bond motifs is 1. The van der Waals surface area contributed by atoms with Gasteiger partial charge in [-0.1, -0.05) is 19.9 Å². The molecule has 5 heteroatoms. The summed E-state index contributed by atoms with van der Waals surface area (Å²) in [7, 11) is 0. The van der Waals surface area contributed by atoms with Crippen LogP contribution in [-0.4, -0.2) is 31.8 Å². The molecular formula is C14H20N2O3. The molecule has 0 bridgehead atoms. The van der Waals surface area contributed by atoms with Gasteiger partial charge in [-0.2, -0.15) is 0 Å². The molecule has 0 spiro atoms. The molecule has 0 fully saturated rings. The van der Waals surface area contributed by atoms with Gasteiger partial charge in [-0.15, -0.1) is 0 Å². The number of hydrogen-bond acceptors (Lipinski definition) is 4. The summed E-state index contributed by atoms with van der Waals surface area (Å²) in [6.07, 6.45) is 0.782. The van der Waals surface area contributed by atoms with Crippen molar-refractivity contribution in [2.45, 2.75) is 26.3 Å². The summed E-state index contributed by atoms with van der Waals surface area (Å²) in [6.45, 7) is 5.30. The zero-order valence-corrected chi connectivity index (χ0v) is 11.4. The van der Waals surface area contributed by atoms with Crippen LogP contribution in [0.4, 0.5) is 0 Å². The summed E-state index contributed by atoms with van der Waals surface area (Å²) in [5, 5.41) is 5.96. The van der Waals surface area contributed by atoms with E-state index in [1.165, 1.54) is 0 Å². The fourth-order valence-corrected chi connectivity index (χ4v) is 1.80. The minimum atomic E-state index is 0.0226. The van der Waals surface area contributed by atoms with E-state index < -0.39 is 0 Å². The highest BCUT2D eigenvalue weighted by Crippen LogP contribution is 2.32. The normalized spacial score (nSPS) is 12.8. The van der Waals surface area contributed by atoms with Crippen molar-refractivity contribution in [3.63, 3.8) is 0 Å². The number of nitrogens with one attached hydrogen (secondary N) is 2. The Labute approximate surface area is 113 Å². The van der Waals surface area contributed by atoms with Crippen molar-refractivity contribution in [3.05, 3.63) is 23.8 Å². The van der Waals surface area contributed by atoms with Gasteiger partial charge in [0.15, 0.2) is 11.5 Å². The summed E-state index contributed by atoms with van der Waals surface area (Å²) >= 11 is 0. The van der Waals surface area contributed by atoms with Gasteiger partial charge in [0.25, 0.3) is 0 Å². The smallest absolute Gasteiger partial charge is 0.233 e. The highest BCUT2D eigenvalue weighted by atomic mass is 16.7. The number of carbonyl (C=O) groups excluding carboxylic acids is 1. The summed E-state index contributed by atoms with van der Waals surface area (Å²) in [6, 6.07) is 6.17. The molecular weight excluding hydrogens is 244 g/mol. The lowest BCUT2D eigenvalue weighted by Crippen LogP contribution is -2.37. The van der Waals surface area contributed by atoms with Gasteiger partial charge in [0.1, 0.15) is 0 Å². The standard InChI is InChI=1S/C14H20N2O3/c1-10(2)16-8-14(17)15-6-5-11-3-4-12-13(7-11)19-9-18-12/h3-4,7,10,16H,5-6,8-9H2,1-2H3,(H,15,17). The van der Waals surface area contributed by atoms with Crippen molar-refractivity contribution in [3.8, 4) is 11.5 Å². The van der Waals surface area contributed by atoms with E-state index in [9.17, 15) is 4.79 Å². The average Bonchev–Trinajstić information content (AvgIpc) is 2.83. The Kier molecular flexibility index (Phi) is 4.63. The molecule has 0 atom stereocenters. The van der Waals surface area contributed by atoms with Gasteiger partial charge in [-0.05, 0) is 24.1 Å². The molecule has 0 radical (unpaired) electrons. The van der Waals surface area contributed by atoms with Crippen molar-refractivity contribution in [1.82, 2.24) is 10.6 Å². The molecule has 0 saturated carbocycles. The molecule has 1 aromatic carbocycles. The van der Waals surface area contributed by atoms with Crippen molar-refractivity contribution < 1.29 is 14.3 Å². The third kappa shape index (κ3) is 4.13. The molecule has 104 valence electrons. The lowest BCUT2D eigenvalue weighted by atomic mass is 10.1. The Morgan fingerprint density at radius 2 is 2.11 bits per heavy atom. The van der Waals surface area contributed by atoms with Crippen LogP contribution in [0.2, 0.25) is 0 Å². The van der Waals surface area contributed by atoms with Crippen LogP contribution in [0.3, 0.4) is 0 Å². The van der Waals surface area contributed by atoms with Gasteiger partial charge >= 0.3 is 0 Å². The van der Waals surface area contributed by atoms with E-state index in [0.29, 0.717) is 19.1 Å². The highest BCUT2D eigenvalue weighted by molar-refractivity contribution is 5.78. The van der Waals surface area contributed by atoms with Crippen LogP contribution in [0.5, 0.6) is 11.5 Å². The first-order valence-electron chi connectivity index (χ1n) is 6.54. The molecule has 0 aromatic heterocycles. The van der Waals surface area contributed by atoms with E-state index in [2.05, 4.69) is 10.6 Å².